The summed E-state index contributed by atoms with van der Waals surface area (Å²) in [5, 5.41) is 3.23. The molecule has 0 heterocycles. The number of hydrogen-bond donors (Lipinski definition) is 1. The van der Waals surface area contributed by atoms with Crippen molar-refractivity contribution >= 4 is 15.9 Å². The van der Waals surface area contributed by atoms with Gasteiger partial charge in [0.05, 0.1) is 0 Å². The molecule has 0 saturated heterocycles. The fourth-order valence-corrected chi connectivity index (χ4v) is 1.92. The SMILES string of the molecule is CCC(Cc1ccc(F)cc1Br)NC. The summed E-state index contributed by atoms with van der Waals surface area (Å²) in [6.45, 7) is 2.14. The Morgan fingerprint density at radius 1 is 1.50 bits per heavy atom. The van der Waals surface area contributed by atoms with Crippen molar-refractivity contribution in [2.24, 2.45) is 0 Å². The van der Waals surface area contributed by atoms with Gasteiger partial charge in [0.25, 0.3) is 0 Å². The molecule has 14 heavy (non-hydrogen) atoms. The van der Waals surface area contributed by atoms with E-state index in [-0.39, 0.29) is 5.82 Å². The van der Waals surface area contributed by atoms with Gasteiger partial charge in [0, 0.05) is 10.5 Å². The molecule has 1 aromatic rings. The lowest BCUT2D eigenvalue weighted by molar-refractivity contribution is 0.541. The van der Waals surface area contributed by atoms with E-state index in [2.05, 4.69) is 28.2 Å². The molecule has 1 nitrogen and oxygen atoms in total. The molecule has 0 saturated carbocycles. The van der Waals surface area contributed by atoms with Crippen LogP contribution in [0, 0.1) is 5.82 Å². The number of rotatable bonds is 4. The average molecular weight is 260 g/mol. The number of nitrogens with one attached hydrogen (secondary N) is 1. The van der Waals surface area contributed by atoms with Crippen LogP contribution in [0.3, 0.4) is 0 Å². The smallest absolute Gasteiger partial charge is 0.124 e. The van der Waals surface area contributed by atoms with E-state index in [4.69, 9.17) is 0 Å². The highest BCUT2D eigenvalue weighted by molar-refractivity contribution is 9.10. The lowest BCUT2D eigenvalue weighted by atomic mass is 10.0. The van der Waals surface area contributed by atoms with Crippen molar-refractivity contribution < 1.29 is 4.39 Å². The van der Waals surface area contributed by atoms with Crippen molar-refractivity contribution in [3.05, 3.63) is 34.1 Å². The van der Waals surface area contributed by atoms with Crippen LogP contribution >= 0.6 is 15.9 Å². The van der Waals surface area contributed by atoms with Gasteiger partial charge in [0.1, 0.15) is 5.82 Å². The molecular formula is C11H15BrFN. The second-order valence-corrected chi connectivity index (χ2v) is 4.19. The van der Waals surface area contributed by atoms with Crippen LogP contribution in [0.4, 0.5) is 4.39 Å². The minimum Gasteiger partial charge on any atom is -0.317 e. The maximum absolute atomic E-state index is 12.8. The largest absolute Gasteiger partial charge is 0.317 e. The third kappa shape index (κ3) is 3.07. The third-order valence-electron chi connectivity index (χ3n) is 2.38. The van der Waals surface area contributed by atoms with Gasteiger partial charge in [0.2, 0.25) is 0 Å². The first-order valence-corrected chi connectivity index (χ1v) is 5.57. The zero-order valence-electron chi connectivity index (χ0n) is 8.48. The van der Waals surface area contributed by atoms with Crippen molar-refractivity contribution in [3.63, 3.8) is 0 Å². The second-order valence-electron chi connectivity index (χ2n) is 3.33. The summed E-state index contributed by atoms with van der Waals surface area (Å²) in [7, 11) is 1.95. The highest BCUT2D eigenvalue weighted by atomic mass is 79.9. The standard InChI is InChI=1S/C11H15BrFN/c1-3-10(14-2)6-8-4-5-9(13)7-11(8)12/h4-5,7,10,14H,3,6H2,1-2H3. The number of halogens is 2. The predicted molar refractivity (Wildman–Crippen MR) is 60.9 cm³/mol. The van der Waals surface area contributed by atoms with Crippen LogP contribution in [0.1, 0.15) is 18.9 Å². The molecule has 78 valence electrons. The molecule has 1 unspecified atom stereocenters. The molecule has 3 heteroatoms. The first-order valence-electron chi connectivity index (χ1n) is 4.78. The summed E-state index contributed by atoms with van der Waals surface area (Å²) in [4.78, 5) is 0. The lowest BCUT2D eigenvalue weighted by Crippen LogP contribution is -2.26. The van der Waals surface area contributed by atoms with Gasteiger partial charge in [-0.15, -0.1) is 0 Å². The van der Waals surface area contributed by atoms with Crippen LogP contribution < -0.4 is 5.32 Å². The van der Waals surface area contributed by atoms with Crippen molar-refractivity contribution in [1.82, 2.24) is 5.32 Å². The Kier molecular flexibility index (Phi) is 4.55. The minimum atomic E-state index is -0.196. The van der Waals surface area contributed by atoms with Gasteiger partial charge in [-0.1, -0.05) is 28.9 Å². The summed E-state index contributed by atoms with van der Waals surface area (Å²) in [5.74, 6) is -0.196. The first kappa shape index (κ1) is 11.7. The predicted octanol–water partition coefficient (Wildman–Crippen LogP) is 3.13. The Labute approximate surface area is 92.8 Å². The summed E-state index contributed by atoms with van der Waals surface area (Å²) in [5.41, 5.74) is 1.15. The van der Waals surface area contributed by atoms with Gasteiger partial charge in [0.15, 0.2) is 0 Å². The van der Waals surface area contributed by atoms with Gasteiger partial charge < -0.3 is 5.32 Å². The number of hydrogen-bond acceptors (Lipinski definition) is 1. The second kappa shape index (κ2) is 5.47. The first-order chi connectivity index (χ1) is 6.67. The van der Waals surface area contributed by atoms with E-state index in [1.54, 1.807) is 0 Å². The van der Waals surface area contributed by atoms with Crippen LogP contribution in [0.25, 0.3) is 0 Å². The molecule has 0 aliphatic heterocycles. The average Bonchev–Trinajstić information content (AvgIpc) is 2.17. The fourth-order valence-electron chi connectivity index (χ4n) is 1.40. The maximum Gasteiger partial charge on any atom is 0.124 e. The summed E-state index contributed by atoms with van der Waals surface area (Å²) >= 11 is 3.37. The van der Waals surface area contributed by atoms with E-state index >= 15 is 0 Å². The number of likely N-dealkylation sites (N-methyl/N-ethyl adjacent to an activating group) is 1. The molecule has 0 aliphatic carbocycles. The maximum atomic E-state index is 12.8. The lowest BCUT2D eigenvalue weighted by Gasteiger charge is -2.14. The van der Waals surface area contributed by atoms with Crippen LogP contribution in [-0.4, -0.2) is 13.1 Å². The molecule has 1 atom stereocenters. The molecule has 0 aliphatic rings. The summed E-state index contributed by atoms with van der Waals surface area (Å²) in [6.07, 6.45) is 1.99. The third-order valence-corrected chi connectivity index (χ3v) is 3.12. The topological polar surface area (TPSA) is 12.0 Å². The summed E-state index contributed by atoms with van der Waals surface area (Å²) < 4.78 is 13.7. The molecule has 0 bridgehead atoms. The Hall–Kier alpha value is -0.410. The Morgan fingerprint density at radius 2 is 2.21 bits per heavy atom. The minimum absolute atomic E-state index is 0.196. The molecular weight excluding hydrogens is 245 g/mol. The van der Waals surface area contributed by atoms with E-state index in [9.17, 15) is 4.39 Å². The molecule has 0 amide bonds. The monoisotopic (exact) mass is 259 g/mol. The molecule has 1 rings (SSSR count). The van der Waals surface area contributed by atoms with Crippen molar-refractivity contribution in [2.45, 2.75) is 25.8 Å². The zero-order chi connectivity index (χ0) is 10.6. The van der Waals surface area contributed by atoms with E-state index in [0.717, 1.165) is 22.9 Å². The van der Waals surface area contributed by atoms with Gasteiger partial charge in [-0.2, -0.15) is 0 Å². The molecule has 0 fully saturated rings. The quantitative estimate of drug-likeness (QED) is 0.877. The molecule has 1 N–H and O–H groups in total. The van der Waals surface area contributed by atoms with Gasteiger partial charge in [-0.3, -0.25) is 0 Å². The van der Waals surface area contributed by atoms with Gasteiger partial charge in [-0.25, -0.2) is 4.39 Å². The molecule has 0 spiro atoms. The Morgan fingerprint density at radius 3 is 2.71 bits per heavy atom. The van der Waals surface area contributed by atoms with Crippen molar-refractivity contribution in [3.8, 4) is 0 Å². The fraction of sp³-hybridized carbons (Fsp3) is 0.455. The van der Waals surface area contributed by atoms with Crippen molar-refractivity contribution in [1.29, 1.82) is 0 Å². The molecule has 0 radical (unpaired) electrons. The zero-order valence-corrected chi connectivity index (χ0v) is 10.1. The molecule has 1 aromatic carbocycles. The van der Waals surface area contributed by atoms with Crippen LogP contribution in [0.5, 0.6) is 0 Å². The van der Waals surface area contributed by atoms with Crippen LogP contribution in [-0.2, 0) is 6.42 Å². The number of benzene rings is 1. The van der Waals surface area contributed by atoms with E-state index in [1.807, 2.05) is 13.1 Å². The Bertz CT molecular complexity index is 297. The van der Waals surface area contributed by atoms with E-state index in [1.165, 1.54) is 12.1 Å². The van der Waals surface area contributed by atoms with Gasteiger partial charge in [-0.05, 0) is 37.6 Å². The van der Waals surface area contributed by atoms with Crippen molar-refractivity contribution in [2.75, 3.05) is 7.05 Å². The summed E-state index contributed by atoms with van der Waals surface area (Å²) in [6, 6.07) is 5.30. The highest BCUT2D eigenvalue weighted by Crippen LogP contribution is 2.19. The van der Waals surface area contributed by atoms with Crippen LogP contribution in [0.2, 0.25) is 0 Å². The normalized spacial score (nSPS) is 12.9. The van der Waals surface area contributed by atoms with Crippen LogP contribution in [0.15, 0.2) is 22.7 Å². The van der Waals surface area contributed by atoms with E-state index in [0.29, 0.717) is 6.04 Å². The highest BCUT2D eigenvalue weighted by Gasteiger charge is 2.07. The molecule has 0 aromatic heterocycles. The Balaban J connectivity index is 2.76. The van der Waals surface area contributed by atoms with E-state index < -0.39 is 0 Å². The van der Waals surface area contributed by atoms with Gasteiger partial charge >= 0.3 is 0 Å².